The summed E-state index contributed by atoms with van der Waals surface area (Å²) in [4.78, 5) is 46.7. The van der Waals surface area contributed by atoms with E-state index in [1.165, 1.54) is 41.3 Å². The van der Waals surface area contributed by atoms with Crippen LogP contribution in [0, 0.1) is 27.7 Å². The first-order valence-electron chi connectivity index (χ1n) is 14.1. The summed E-state index contributed by atoms with van der Waals surface area (Å²) in [6.45, 7) is 6.34. The Kier molecular flexibility index (Phi) is 8.18. The number of halogens is 4. The molecule has 1 N–H and O–H groups in total. The highest BCUT2D eigenvalue weighted by molar-refractivity contribution is 7.18. The molecule has 0 aliphatic carbocycles. The normalized spacial score (nSPS) is 11.8. The number of hydrogen-bond donors (Lipinski definition) is 1. The van der Waals surface area contributed by atoms with Gasteiger partial charge in [0.1, 0.15) is 29.6 Å². The average Bonchev–Trinajstić information content (AvgIpc) is 3.43. The minimum Gasteiger partial charge on any atom is -0.491 e. The Bertz CT molecular complexity index is 2300. The number of ether oxygens (including phenoxy) is 1. The number of pyridine rings is 2. The maximum absolute atomic E-state index is 14.2. The molecule has 6 rings (SSSR count). The predicted octanol–water partition coefficient (Wildman–Crippen LogP) is 7.21. The summed E-state index contributed by atoms with van der Waals surface area (Å²) in [6, 6.07) is 7.62. The number of fused-ring (bicyclic) bond motifs is 2. The lowest BCUT2D eigenvalue weighted by molar-refractivity contribution is -0.137. The summed E-state index contributed by atoms with van der Waals surface area (Å²) in [5.74, 6) is -0.511. The summed E-state index contributed by atoms with van der Waals surface area (Å²) in [7, 11) is 0. The summed E-state index contributed by atoms with van der Waals surface area (Å²) in [5.41, 5.74) is 0.153. The first-order chi connectivity index (χ1) is 22.2. The van der Waals surface area contributed by atoms with Crippen LogP contribution in [0.25, 0.3) is 43.8 Å². The van der Waals surface area contributed by atoms with Crippen LogP contribution in [0.5, 0.6) is 5.75 Å². The monoisotopic (exact) mass is 680 g/mol. The Balaban J connectivity index is 1.38. The molecule has 0 radical (unpaired) electrons. The topological polar surface area (TPSA) is 133 Å². The molecule has 5 heterocycles. The number of hydrogen-bond acceptors (Lipinski definition) is 9. The largest absolute Gasteiger partial charge is 0.491 e. The van der Waals surface area contributed by atoms with Crippen molar-refractivity contribution in [3.05, 3.63) is 91.3 Å². The fourth-order valence-corrected chi connectivity index (χ4v) is 6.43. The van der Waals surface area contributed by atoms with Crippen LogP contribution in [-0.4, -0.2) is 47.2 Å². The quantitative estimate of drug-likeness (QED) is 0.186. The standard InChI is InChI=1S/C32H24ClF3N6O4S/c1-14-9-20(29-26(38-14)21(13-47-29)31(44)45)19-10-18(33)5-6-24(19)46-8-7-42-17(4)40-23-11-22(32(34,35)36)27(41-28(23)30(42)43)25-16(3)37-12-15(2)39-25/h5-6,9-13H,7-8H2,1-4H3,(H,44,45). The number of aromatic nitrogens is 6. The molecule has 0 saturated heterocycles. The Hall–Kier alpha value is -4.95. The second kappa shape index (κ2) is 12.0. The van der Waals surface area contributed by atoms with Gasteiger partial charge in [-0.1, -0.05) is 11.6 Å². The number of nitrogens with zero attached hydrogens (tertiary/aromatic N) is 6. The number of alkyl halides is 3. The number of benzene rings is 1. The lowest BCUT2D eigenvalue weighted by atomic mass is 10.0. The smallest absolute Gasteiger partial charge is 0.418 e. The van der Waals surface area contributed by atoms with Crippen molar-refractivity contribution >= 4 is 50.2 Å². The molecular formula is C32H24ClF3N6O4S. The molecule has 0 bridgehead atoms. The van der Waals surface area contributed by atoms with E-state index < -0.39 is 29.0 Å². The molecular weight excluding hydrogens is 657 g/mol. The molecule has 6 aromatic rings. The van der Waals surface area contributed by atoms with Gasteiger partial charge in [-0.05, 0) is 58.0 Å². The molecule has 0 unspecified atom stereocenters. The van der Waals surface area contributed by atoms with Gasteiger partial charge in [-0.2, -0.15) is 13.2 Å². The number of carbonyl (C=O) groups is 1. The van der Waals surface area contributed by atoms with Crippen LogP contribution >= 0.6 is 22.9 Å². The lowest BCUT2D eigenvalue weighted by Gasteiger charge is -2.17. The molecule has 0 aliphatic heterocycles. The highest BCUT2D eigenvalue weighted by Crippen LogP contribution is 2.41. The second-order valence-electron chi connectivity index (χ2n) is 10.7. The molecule has 240 valence electrons. The van der Waals surface area contributed by atoms with Crippen molar-refractivity contribution in [2.45, 2.75) is 40.4 Å². The third-order valence-corrected chi connectivity index (χ3v) is 8.65. The van der Waals surface area contributed by atoms with E-state index in [1.54, 1.807) is 32.0 Å². The number of carboxylic acid groups (broad SMARTS) is 1. The molecule has 0 fully saturated rings. The molecule has 5 aromatic heterocycles. The molecule has 10 nitrogen and oxygen atoms in total. The molecule has 1 aromatic carbocycles. The van der Waals surface area contributed by atoms with Crippen molar-refractivity contribution in [3.63, 3.8) is 0 Å². The lowest BCUT2D eigenvalue weighted by Crippen LogP contribution is -2.28. The summed E-state index contributed by atoms with van der Waals surface area (Å²) < 4.78 is 50.6. The van der Waals surface area contributed by atoms with Gasteiger partial charge in [0.05, 0.1) is 44.8 Å². The predicted molar refractivity (Wildman–Crippen MR) is 171 cm³/mol. The average molecular weight is 681 g/mol. The van der Waals surface area contributed by atoms with Crippen LogP contribution in [0.4, 0.5) is 13.2 Å². The third-order valence-electron chi connectivity index (χ3n) is 7.41. The van der Waals surface area contributed by atoms with Gasteiger partial charge in [-0.25, -0.2) is 19.7 Å². The van der Waals surface area contributed by atoms with E-state index >= 15 is 0 Å². The van der Waals surface area contributed by atoms with Crippen molar-refractivity contribution in [2.24, 2.45) is 0 Å². The highest BCUT2D eigenvalue weighted by Gasteiger charge is 2.37. The highest BCUT2D eigenvalue weighted by atomic mass is 35.5. The van der Waals surface area contributed by atoms with Crippen molar-refractivity contribution in [1.29, 1.82) is 0 Å². The zero-order valence-electron chi connectivity index (χ0n) is 25.2. The molecule has 0 atom stereocenters. The molecule has 0 aliphatic rings. The Morgan fingerprint density at radius 3 is 2.47 bits per heavy atom. The van der Waals surface area contributed by atoms with Crippen molar-refractivity contribution in [3.8, 4) is 28.3 Å². The summed E-state index contributed by atoms with van der Waals surface area (Å²) >= 11 is 7.59. The van der Waals surface area contributed by atoms with Crippen LogP contribution < -0.4 is 10.3 Å². The van der Waals surface area contributed by atoms with Crippen molar-refractivity contribution < 1.29 is 27.8 Å². The molecule has 47 heavy (non-hydrogen) atoms. The Morgan fingerprint density at radius 2 is 1.74 bits per heavy atom. The number of thiophene rings is 1. The van der Waals surface area contributed by atoms with Crippen molar-refractivity contribution in [1.82, 2.24) is 29.5 Å². The maximum atomic E-state index is 14.2. The molecule has 0 saturated carbocycles. The van der Waals surface area contributed by atoms with Crippen LogP contribution in [0.15, 0.2) is 46.7 Å². The van der Waals surface area contributed by atoms with E-state index in [4.69, 9.17) is 16.3 Å². The number of carboxylic acids is 1. The molecule has 15 heteroatoms. The van der Waals surface area contributed by atoms with E-state index in [9.17, 15) is 27.9 Å². The van der Waals surface area contributed by atoms with Gasteiger partial charge in [0.25, 0.3) is 5.56 Å². The minimum absolute atomic E-state index is 0.00998. The second-order valence-corrected chi connectivity index (χ2v) is 12.1. The summed E-state index contributed by atoms with van der Waals surface area (Å²) in [5, 5.41) is 11.6. The zero-order valence-corrected chi connectivity index (χ0v) is 26.8. The number of aryl methyl sites for hydroxylation is 4. The minimum atomic E-state index is -4.79. The molecule has 0 amide bonds. The fourth-order valence-electron chi connectivity index (χ4n) is 5.25. The van der Waals surface area contributed by atoms with Gasteiger partial charge in [-0.15, -0.1) is 11.3 Å². The first-order valence-corrected chi connectivity index (χ1v) is 15.3. The fraction of sp³-hybridized carbons (Fsp3) is 0.219. The van der Waals surface area contributed by atoms with Crippen LogP contribution in [-0.2, 0) is 12.7 Å². The zero-order chi connectivity index (χ0) is 33.8. The maximum Gasteiger partial charge on any atom is 0.418 e. The van der Waals surface area contributed by atoms with Crippen LogP contribution in [0.3, 0.4) is 0 Å². The summed E-state index contributed by atoms with van der Waals surface area (Å²) in [6.07, 6.45) is -3.36. The number of rotatable bonds is 7. The van der Waals surface area contributed by atoms with E-state index in [0.29, 0.717) is 43.5 Å². The molecule has 0 spiro atoms. The van der Waals surface area contributed by atoms with Gasteiger partial charge in [0, 0.05) is 33.4 Å². The van der Waals surface area contributed by atoms with E-state index in [2.05, 4.69) is 24.9 Å². The third kappa shape index (κ3) is 6.01. The van der Waals surface area contributed by atoms with E-state index in [1.807, 2.05) is 6.07 Å². The van der Waals surface area contributed by atoms with E-state index in [-0.39, 0.29) is 47.0 Å². The number of aromatic carboxylic acids is 1. The van der Waals surface area contributed by atoms with Crippen molar-refractivity contribution in [2.75, 3.05) is 6.61 Å². The van der Waals surface area contributed by atoms with Crippen LogP contribution in [0.1, 0.15) is 38.8 Å². The Morgan fingerprint density at radius 1 is 0.979 bits per heavy atom. The SMILES string of the molecule is Cc1cnc(C)c(-c2nc3c(=O)n(CCOc4ccc(Cl)cc4-c4cc(C)nc5c(C(=O)O)csc45)c(C)nc3cc2C(F)(F)F)n1. The van der Waals surface area contributed by atoms with Gasteiger partial charge in [-0.3, -0.25) is 19.3 Å². The van der Waals surface area contributed by atoms with Gasteiger partial charge < -0.3 is 9.84 Å². The van der Waals surface area contributed by atoms with Crippen LogP contribution in [0.2, 0.25) is 5.02 Å². The van der Waals surface area contributed by atoms with Gasteiger partial charge in [0.2, 0.25) is 0 Å². The first kappa shape index (κ1) is 32.0. The Labute approximate surface area is 273 Å². The van der Waals surface area contributed by atoms with E-state index in [0.717, 1.165) is 6.07 Å². The van der Waals surface area contributed by atoms with Gasteiger partial charge in [0.15, 0.2) is 5.52 Å². The van der Waals surface area contributed by atoms with Gasteiger partial charge >= 0.3 is 12.1 Å².